The van der Waals surface area contributed by atoms with Gasteiger partial charge in [-0.05, 0) is 33.7 Å². The summed E-state index contributed by atoms with van der Waals surface area (Å²) in [6, 6.07) is 24.5. The molecule has 0 fully saturated rings. The first-order valence-electron chi connectivity index (χ1n) is 9.80. The van der Waals surface area contributed by atoms with Crippen LogP contribution in [0.15, 0.2) is 72.8 Å². The van der Waals surface area contributed by atoms with Crippen molar-refractivity contribution in [3.05, 3.63) is 83.9 Å². The molecule has 0 aliphatic heterocycles. The van der Waals surface area contributed by atoms with Crippen LogP contribution in [0.3, 0.4) is 0 Å². The van der Waals surface area contributed by atoms with Crippen LogP contribution in [0.4, 0.5) is 0 Å². The molecule has 4 aromatic carbocycles. The Labute approximate surface area is 169 Å². The Hall–Kier alpha value is -3.08. The number of fused-ring (bicyclic) bond motifs is 2. The molecule has 0 atom stereocenters. The standard InChI is InChI=1S/C25H24O4/c26-13-15-28-24-11-9-18-5-1-3-7-20(18)22(24)17-23-21-8-4-2-6-19(21)10-12-25(23)29-16-14-27/h1-12,26-27H,13-17H2. The van der Waals surface area contributed by atoms with Crippen molar-refractivity contribution in [2.24, 2.45) is 0 Å². The molecule has 29 heavy (non-hydrogen) atoms. The van der Waals surface area contributed by atoms with Crippen LogP contribution in [-0.2, 0) is 6.42 Å². The van der Waals surface area contributed by atoms with Gasteiger partial charge < -0.3 is 19.7 Å². The van der Waals surface area contributed by atoms with Gasteiger partial charge in [-0.2, -0.15) is 0 Å². The van der Waals surface area contributed by atoms with Gasteiger partial charge in [0, 0.05) is 17.5 Å². The molecule has 4 nitrogen and oxygen atoms in total. The molecular formula is C25H24O4. The normalized spacial score (nSPS) is 11.1. The SMILES string of the molecule is OCCOc1ccc2ccccc2c1Cc1c(OCCO)ccc2ccccc12. The van der Waals surface area contributed by atoms with E-state index < -0.39 is 0 Å². The van der Waals surface area contributed by atoms with Crippen molar-refractivity contribution in [3.63, 3.8) is 0 Å². The van der Waals surface area contributed by atoms with E-state index in [0.29, 0.717) is 6.42 Å². The van der Waals surface area contributed by atoms with Crippen LogP contribution in [0.1, 0.15) is 11.1 Å². The van der Waals surface area contributed by atoms with Crippen LogP contribution < -0.4 is 9.47 Å². The van der Waals surface area contributed by atoms with Crippen LogP contribution >= 0.6 is 0 Å². The molecule has 4 aromatic rings. The summed E-state index contributed by atoms with van der Waals surface area (Å²) < 4.78 is 11.7. The summed E-state index contributed by atoms with van der Waals surface area (Å²) in [5.74, 6) is 1.53. The van der Waals surface area contributed by atoms with Gasteiger partial charge in [0.1, 0.15) is 24.7 Å². The maximum atomic E-state index is 9.24. The summed E-state index contributed by atoms with van der Waals surface area (Å²) in [5.41, 5.74) is 2.11. The van der Waals surface area contributed by atoms with Gasteiger partial charge in [0.15, 0.2) is 0 Å². The minimum atomic E-state index is -0.0363. The van der Waals surface area contributed by atoms with Crippen molar-refractivity contribution < 1.29 is 19.7 Å². The fourth-order valence-corrected chi connectivity index (χ4v) is 3.76. The summed E-state index contributed by atoms with van der Waals surface area (Å²) in [7, 11) is 0. The summed E-state index contributed by atoms with van der Waals surface area (Å²) in [6.45, 7) is 0.417. The molecule has 0 amide bonds. The average molecular weight is 388 g/mol. The van der Waals surface area contributed by atoms with Gasteiger partial charge in [-0.15, -0.1) is 0 Å². The number of ether oxygens (including phenoxy) is 2. The molecule has 2 N–H and O–H groups in total. The first kappa shape index (κ1) is 19.2. The molecule has 0 aromatic heterocycles. The molecule has 4 heteroatoms. The molecule has 0 bridgehead atoms. The van der Waals surface area contributed by atoms with E-state index >= 15 is 0 Å². The molecule has 0 saturated carbocycles. The van der Waals surface area contributed by atoms with E-state index in [0.717, 1.165) is 44.2 Å². The summed E-state index contributed by atoms with van der Waals surface area (Å²) in [4.78, 5) is 0. The van der Waals surface area contributed by atoms with Crippen LogP contribution in [-0.4, -0.2) is 36.6 Å². The zero-order chi connectivity index (χ0) is 20.1. The summed E-state index contributed by atoms with van der Waals surface area (Å²) in [5, 5.41) is 23.0. The number of aliphatic hydroxyl groups is 2. The zero-order valence-corrected chi connectivity index (χ0v) is 16.2. The predicted molar refractivity (Wildman–Crippen MR) is 116 cm³/mol. The molecular weight excluding hydrogens is 364 g/mol. The minimum Gasteiger partial charge on any atom is -0.491 e. The average Bonchev–Trinajstić information content (AvgIpc) is 2.77. The van der Waals surface area contributed by atoms with E-state index in [1.165, 1.54) is 0 Å². The minimum absolute atomic E-state index is 0.0363. The third-order valence-electron chi connectivity index (χ3n) is 5.05. The highest BCUT2D eigenvalue weighted by atomic mass is 16.5. The quantitative estimate of drug-likeness (QED) is 0.472. The Morgan fingerprint density at radius 1 is 0.552 bits per heavy atom. The molecule has 0 aliphatic rings. The van der Waals surface area contributed by atoms with Crippen molar-refractivity contribution in [3.8, 4) is 11.5 Å². The lowest BCUT2D eigenvalue weighted by molar-refractivity contribution is 0.199. The molecule has 4 rings (SSSR count). The fraction of sp³-hybridized carbons (Fsp3) is 0.200. The highest BCUT2D eigenvalue weighted by Crippen LogP contribution is 2.36. The largest absolute Gasteiger partial charge is 0.491 e. The second-order valence-corrected chi connectivity index (χ2v) is 6.85. The predicted octanol–water partition coefficient (Wildman–Crippen LogP) is 4.33. The number of aliphatic hydroxyl groups excluding tert-OH is 2. The maximum Gasteiger partial charge on any atom is 0.123 e. The lowest BCUT2D eigenvalue weighted by Crippen LogP contribution is -2.07. The third-order valence-corrected chi connectivity index (χ3v) is 5.05. The van der Waals surface area contributed by atoms with E-state index in [1.54, 1.807) is 0 Å². The van der Waals surface area contributed by atoms with E-state index in [4.69, 9.17) is 9.47 Å². The Morgan fingerprint density at radius 3 is 1.45 bits per heavy atom. The van der Waals surface area contributed by atoms with Crippen LogP contribution in [0.2, 0.25) is 0 Å². The van der Waals surface area contributed by atoms with E-state index in [-0.39, 0.29) is 26.4 Å². The van der Waals surface area contributed by atoms with E-state index in [1.807, 2.05) is 48.5 Å². The Kier molecular flexibility index (Phi) is 5.94. The van der Waals surface area contributed by atoms with Gasteiger partial charge in [-0.1, -0.05) is 60.7 Å². The van der Waals surface area contributed by atoms with Gasteiger partial charge in [0.25, 0.3) is 0 Å². The van der Waals surface area contributed by atoms with Crippen molar-refractivity contribution in [1.82, 2.24) is 0 Å². The second-order valence-electron chi connectivity index (χ2n) is 6.85. The second kappa shape index (κ2) is 8.95. The molecule has 0 radical (unpaired) electrons. The summed E-state index contributed by atoms with van der Waals surface area (Å²) in [6.07, 6.45) is 0.615. The van der Waals surface area contributed by atoms with Gasteiger partial charge in [-0.25, -0.2) is 0 Å². The number of rotatable bonds is 8. The van der Waals surface area contributed by atoms with Crippen LogP contribution in [0.25, 0.3) is 21.5 Å². The molecule has 0 unspecified atom stereocenters. The third kappa shape index (κ3) is 4.04. The fourth-order valence-electron chi connectivity index (χ4n) is 3.76. The Balaban J connectivity index is 1.88. The lowest BCUT2D eigenvalue weighted by Gasteiger charge is -2.18. The van der Waals surface area contributed by atoms with E-state index in [2.05, 4.69) is 24.3 Å². The first-order valence-corrected chi connectivity index (χ1v) is 9.80. The number of hydrogen-bond donors (Lipinski definition) is 2. The van der Waals surface area contributed by atoms with Crippen molar-refractivity contribution in [1.29, 1.82) is 0 Å². The van der Waals surface area contributed by atoms with Crippen LogP contribution in [0.5, 0.6) is 11.5 Å². The summed E-state index contributed by atoms with van der Waals surface area (Å²) >= 11 is 0. The Morgan fingerprint density at radius 2 is 1.00 bits per heavy atom. The van der Waals surface area contributed by atoms with Gasteiger partial charge in [-0.3, -0.25) is 0 Å². The topological polar surface area (TPSA) is 58.9 Å². The highest BCUT2D eigenvalue weighted by molar-refractivity contribution is 5.91. The van der Waals surface area contributed by atoms with E-state index in [9.17, 15) is 10.2 Å². The van der Waals surface area contributed by atoms with Gasteiger partial charge >= 0.3 is 0 Å². The first-order chi connectivity index (χ1) is 14.3. The molecule has 0 saturated heterocycles. The van der Waals surface area contributed by atoms with Crippen molar-refractivity contribution >= 4 is 21.5 Å². The zero-order valence-electron chi connectivity index (χ0n) is 16.2. The highest BCUT2D eigenvalue weighted by Gasteiger charge is 2.15. The smallest absolute Gasteiger partial charge is 0.123 e. The van der Waals surface area contributed by atoms with Crippen molar-refractivity contribution in [2.45, 2.75) is 6.42 Å². The maximum absolute atomic E-state index is 9.24. The van der Waals surface area contributed by atoms with Gasteiger partial charge in [0.05, 0.1) is 13.2 Å². The molecule has 148 valence electrons. The Bertz CT molecular complexity index is 1030. The molecule has 0 heterocycles. The van der Waals surface area contributed by atoms with Crippen molar-refractivity contribution in [2.75, 3.05) is 26.4 Å². The number of hydrogen-bond acceptors (Lipinski definition) is 4. The number of benzene rings is 4. The van der Waals surface area contributed by atoms with Crippen LogP contribution in [0, 0.1) is 0 Å². The molecule has 0 aliphatic carbocycles. The lowest BCUT2D eigenvalue weighted by atomic mass is 9.93. The van der Waals surface area contributed by atoms with Gasteiger partial charge in [0.2, 0.25) is 0 Å². The molecule has 0 spiro atoms. The monoisotopic (exact) mass is 388 g/mol.